The molecule has 0 bridgehead atoms. The van der Waals surface area contributed by atoms with Crippen molar-refractivity contribution >= 4 is 11.6 Å². The van der Waals surface area contributed by atoms with Crippen LogP contribution in [0.5, 0.6) is 0 Å². The van der Waals surface area contributed by atoms with Crippen molar-refractivity contribution in [1.82, 2.24) is 10.2 Å². The molecule has 1 aromatic carbocycles. The second-order valence-corrected chi connectivity index (χ2v) is 6.61. The Balaban J connectivity index is 1.57. The van der Waals surface area contributed by atoms with Gasteiger partial charge in [-0.3, -0.25) is 4.90 Å². The summed E-state index contributed by atoms with van der Waals surface area (Å²) in [6.07, 6.45) is 1.11. The Labute approximate surface area is 141 Å². The predicted octanol–water partition coefficient (Wildman–Crippen LogP) is 2.31. The summed E-state index contributed by atoms with van der Waals surface area (Å²) in [6.45, 7) is 6.76. The van der Waals surface area contributed by atoms with Crippen LogP contribution in [-0.2, 0) is 16.0 Å². The van der Waals surface area contributed by atoms with Crippen LogP contribution in [0.2, 0.25) is 5.02 Å². The van der Waals surface area contributed by atoms with Crippen LogP contribution in [0.25, 0.3) is 0 Å². The fourth-order valence-electron chi connectivity index (χ4n) is 3.38. The molecule has 4 nitrogen and oxygen atoms in total. The lowest BCUT2D eigenvalue weighted by atomic mass is 9.96. The summed E-state index contributed by atoms with van der Waals surface area (Å²) in [5, 5.41) is 3.97. The van der Waals surface area contributed by atoms with Crippen LogP contribution in [-0.4, -0.2) is 57.0 Å². The highest BCUT2D eigenvalue weighted by molar-refractivity contribution is 6.31. The summed E-state index contributed by atoms with van der Waals surface area (Å²) in [5.41, 5.74) is 0.927. The molecule has 2 atom stereocenters. The van der Waals surface area contributed by atoms with Crippen LogP contribution in [0.15, 0.2) is 18.2 Å². The highest BCUT2D eigenvalue weighted by Gasteiger charge is 2.31. The molecule has 0 saturated carbocycles. The second kappa shape index (κ2) is 8.40. The third-order valence-electron chi connectivity index (χ3n) is 4.71. The topological polar surface area (TPSA) is 33.7 Å². The average Bonchev–Trinajstić information content (AvgIpc) is 3.08. The van der Waals surface area contributed by atoms with E-state index in [0.717, 1.165) is 58.0 Å². The van der Waals surface area contributed by atoms with Crippen molar-refractivity contribution in [2.75, 3.05) is 46.1 Å². The van der Waals surface area contributed by atoms with E-state index in [1.807, 2.05) is 0 Å². The van der Waals surface area contributed by atoms with Crippen LogP contribution in [0.4, 0.5) is 4.39 Å². The summed E-state index contributed by atoms with van der Waals surface area (Å²) in [6, 6.07) is 5.00. The molecule has 2 fully saturated rings. The highest BCUT2D eigenvalue weighted by Crippen LogP contribution is 2.22. The Bertz CT molecular complexity index is 505. The first kappa shape index (κ1) is 17.1. The molecule has 3 rings (SSSR count). The van der Waals surface area contributed by atoms with Gasteiger partial charge in [0.1, 0.15) is 5.82 Å². The number of hydrogen-bond acceptors (Lipinski definition) is 4. The first-order valence-corrected chi connectivity index (χ1v) is 8.66. The fourth-order valence-corrected chi connectivity index (χ4v) is 3.61. The normalized spacial score (nSPS) is 24.0. The second-order valence-electron chi connectivity index (χ2n) is 6.21. The van der Waals surface area contributed by atoms with Gasteiger partial charge in [0.05, 0.1) is 19.8 Å². The van der Waals surface area contributed by atoms with Gasteiger partial charge >= 0.3 is 0 Å². The maximum absolute atomic E-state index is 13.1. The summed E-state index contributed by atoms with van der Waals surface area (Å²) in [7, 11) is 0. The molecule has 1 N–H and O–H groups in total. The molecule has 0 aliphatic carbocycles. The van der Waals surface area contributed by atoms with Crippen molar-refractivity contribution in [3.63, 3.8) is 0 Å². The minimum absolute atomic E-state index is 0.298. The van der Waals surface area contributed by atoms with E-state index in [2.05, 4.69) is 10.2 Å². The molecule has 23 heavy (non-hydrogen) atoms. The van der Waals surface area contributed by atoms with Gasteiger partial charge in [-0.25, -0.2) is 4.39 Å². The van der Waals surface area contributed by atoms with E-state index in [1.165, 1.54) is 12.1 Å². The molecule has 0 amide bonds. The summed E-state index contributed by atoms with van der Waals surface area (Å²) in [5.74, 6) is 0.261. The molecular weight excluding hydrogens is 319 g/mol. The summed E-state index contributed by atoms with van der Waals surface area (Å²) >= 11 is 6.09. The Hall–Kier alpha value is -0.720. The zero-order chi connectivity index (χ0) is 16.1. The zero-order valence-electron chi connectivity index (χ0n) is 13.3. The molecule has 6 heteroatoms. The average molecular weight is 343 g/mol. The van der Waals surface area contributed by atoms with E-state index in [1.54, 1.807) is 6.07 Å². The Kier molecular flexibility index (Phi) is 6.25. The molecule has 0 radical (unpaired) electrons. The van der Waals surface area contributed by atoms with Gasteiger partial charge in [-0.2, -0.15) is 0 Å². The molecule has 2 aliphatic rings. The molecular formula is C17H24ClFN2O2. The van der Waals surface area contributed by atoms with E-state index in [4.69, 9.17) is 21.1 Å². The first-order valence-electron chi connectivity index (χ1n) is 8.28. The van der Waals surface area contributed by atoms with Crippen molar-refractivity contribution in [3.8, 4) is 0 Å². The smallest absolute Gasteiger partial charge is 0.124 e. The Morgan fingerprint density at radius 3 is 2.78 bits per heavy atom. The standard InChI is InChI=1S/C17H24ClFN2O2/c18-16-9-15(19)2-1-13(16)10-20-11-17(14-3-6-23-12-14)21-4-7-22-8-5-21/h1-2,9,14,17,20H,3-8,10-12H2. The highest BCUT2D eigenvalue weighted by atomic mass is 35.5. The van der Waals surface area contributed by atoms with Gasteiger partial charge in [0.15, 0.2) is 0 Å². The lowest BCUT2D eigenvalue weighted by molar-refractivity contribution is 0.00137. The van der Waals surface area contributed by atoms with Gasteiger partial charge in [-0.1, -0.05) is 17.7 Å². The van der Waals surface area contributed by atoms with Crippen LogP contribution in [0.1, 0.15) is 12.0 Å². The first-order chi connectivity index (χ1) is 11.2. The van der Waals surface area contributed by atoms with Crippen molar-refractivity contribution in [1.29, 1.82) is 0 Å². The van der Waals surface area contributed by atoms with Crippen LogP contribution < -0.4 is 5.32 Å². The van der Waals surface area contributed by atoms with Crippen molar-refractivity contribution in [2.45, 2.75) is 19.0 Å². The number of nitrogens with one attached hydrogen (secondary N) is 1. The molecule has 128 valence electrons. The fraction of sp³-hybridized carbons (Fsp3) is 0.647. The third kappa shape index (κ3) is 4.64. The lowest BCUT2D eigenvalue weighted by Crippen LogP contribution is -2.51. The number of morpholine rings is 1. The summed E-state index contributed by atoms with van der Waals surface area (Å²) in [4.78, 5) is 2.50. The minimum Gasteiger partial charge on any atom is -0.381 e. The van der Waals surface area contributed by atoms with Crippen molar-refractivity contribution in [2.24, 2.45) is 5.92 Å². The Morgan fingerprint density at radius 1 is 1.26 bits per heavy atom. The third-order valence-corrected chi connectivity index (χ3v) is 5.06. The Morgan fingerprint density at radius 2 is 2.09 bits per heavy atom. The largest absolute Gasteiger partial charge is 0.381 e. The van der Waals surface area contributed by atoms with Gasteiger partial charge in [0, 0.05) is 49.8 Å². The van der Waals surface area contributed by atoms with Crippen LogP contribution in [0, 0.1) is 11.7 Å². The number of nitrogens with zero attached hydrogens (tertiary/aromatic N) is 1. The number of halogens is 2. The molecule has 2 heterocycles. The van der Waals surface area contributed by atoms with Gasteiger partial charge in [0.25, 0.3) is 0 Å². The number of benzene rings is 1. The van der Waals surface area contributed by atoms with Gasteiger partial charge in [-0.05, 0) is 24.1 Å². The predicted molar refractivity (Wildman–Crippen MR) is 88.2 cm³/mol. The number of rotatable bonds is 6. The number of ether oxygens (including phenoxy) is 2. The van der Waals surface area contributed by atoms with E-state index >= 15 is 0 Å². The molecule has 2 aliphatic heterocycles. The monoisotopic (exact) mass is 342 g/mol. The van der Waals surface area contributed by atoms with Crippen LogP contribution >= 0.6 is 11.6 Å². The van der Waals surface area contributed by atoms with Crippen LogP contribution in [0.3, 0.4) is 0 Å². The molecule has 2 unspecified atom stereocenters. The van der Waals surface area contributed by atoms with E-state index in [0.29, 0.717) is 23.5 Å². The maximum atomic E-state index is 13.1. The molecule has 0 spiro atoms. The van der Waals surface area contributed by atoms with Gasteiger partial charge < -0.3 is 14.8 Å². The van der Waals surface area contributed by atoms with E-state index in [-0.39, 0.29) is 5.82 Å². The van der Waals surface area contributed by atoms with E-state index in [9.17, 15) is 4.39 Å². The van der Waals surface area contributed by atoms with E-state index < -0.39 is 0 Å². The maximum Gasteiger partial charge on any atom is 0.124 e. The molecule has 0 aromatic heterocycles. The van der Waals surface area contributed by atoms with Gasteiger partial charge in [0.2, 0.25) is 0 Å². The molecule has 2 saturated heterocycles. The minimum atomic E-state index is -0.298. The van der Waals surface area contributed by atoms with Crippen molar-refractivity contribution < 1.29 is 13.9 Å². The van der Waals surface area contributed by atoms with Gasteiger partial charge in [-0.15, -0.1) is 0 Å². The SMILES string of the molecule is Fc1ccc(CNCC(C2CCOC2)N2CCOCC2)c(Cl)c1. The summed E-state index contributed by atoms with van der Waals surface area (Å²) < 4.78 is 24.2. The quantitative estimate of drug-likeness (QED) is 0.860. The lowest BCUT2D eigenvalue weighted by Gasteiger charge is -2.37. The van der Waals surface area contributed by atoms with Crippen molar-refractivity contribution in [3.05, 3.63) is 34.6 Å². The zero-order valence-corrected chi connectivity index (χ0v) is 14.0. The number of hydrogen-bond donors (Lipinski definition) is 1. The molecule has 1 aromatic rings.